The molecule has 1 aromatic rings. The lowest BCUT2D eigenvalue weighted by molar-refractivity contribution is -0.122. The molecule has 0 bridgehead atoms. The number of nitrogens with one attached hydrogen (secondary N) is 1. The second kappa shape index (κ2) is 5.68. The zero-order valence-electron chi connectivity index (χ0n) is 9.56. The Kier molecular flexibility index (Phi) is 3.97. The van der Waals surface area contributed by atoms with E-state index in [4.69, 9.17) is 0 Å². The van der Waals surface area contributed by atoms with Crippen LogP contribution in [-0.4, -0.2) is 21.5 Å². The molecule has 4 nitrogen and oxygen atoms in total. The molecule has 0 saturated heterocycles. The van der Waals surface area contributed by atoms with Crippen molar-refractivity contribution in [2.45, 2.75) is 51.1 Å². The molecule has 0 radical (unpaired) electrons. The molecule has 0 aliphatic heterocycles. The van der Waals surface area contributed by atoms with Gasteiger partial charge in [0.1, 0.15) is 6.54 Å². The molecule has 1 aliphatic carbocycles. The molecule has 88 valence electrons. The first kappa shape index (κ1) is 11.2. The second-order valence-electron chi connectivity index (χ2n) is 4.49. The van der Waals surface area contributed by atoms with E-state index in [1.807, 2.05) is 6.20 Å². The lowest BCUT2D eigenvalue weighted by atomic mass is 10.1. The van der Waals surface area contributed by atoms with Gasteiger partial charge in [-0.1, -0.05) is 25.7 Å². The number of aromatic nitrogens is 2. The summed E-state index contributed by atoms with van der Waals surface area (Å²) in [5, 5.41) is 3.11. The maximum absolute atomic E-state index is 11.7. The normalized spacial score (nSPS) is 18.0. The number of hydrogen-bond acceptors (Lipinski definition) is 2. The van der Waals surface area contributed by atoms with Gasteiger partial charge in [0.15, 0.2) is 0 Å². The summed E-state index contributed by atoms with van der Waals surface area (Å²) in [6, 6.07) is 0.388. The van der Waals surface area contributed by atoms with Crippen LogP contribution in [0.3, 0.4) is 0 Å². The number of carbonyl (C=O) groups excluding carboxylic acids is 1. The fourth-order valence-corrected chi connectivity index (χ4v) is 2.24. The Balaban J connectivity index is 1.77. The molecule has 1 heterocycles. The molecule has 1 N–H and O–H groups in total. The Labute approximate surface area is 96.1 Å². The van der Waals surface area contributed by atoms with E-state index >= 15 is 0 Å². The predicted octanol–water partition coefficient (Wildman–Crippen LogP) is 1.72. The van der Waals surface area contributed by atoms with Gasteiger partial charge >= 0.3 is 0 Å². The van der Waals surface area contributed by atoms with Gasteiger partial charge in [0.05, 0.1) is 6.33 Å². The molecule has 1 aromatic heterocycles. The first-order chi connectivity index (χ1) is 7.84. The average molecular weight is 221 g/mol. The maximum atomic E-state index is 11.7. The first-order valence-corrected chi connectivity index (χ1v) is 6.10. The van der Waals surface area contributed by atoms with Crippen molar-refractivity contribution in [1.82, 2.24) is 14.9 Å². The third-order valence-electron chi connectivity index (χ3n) is 3.11. The van der Waals surface area contributed by atoms with E-state index in [1.165, 1.54) is 25.7 Å². The third-order valence-corrected chi connectivity index (χ3v) is 3.11. The van der Waals surface area contributed by atoms with Gasteiger partial charge in [0.25, 0.3) is 0 Å². The molecule has 0 unspecified atom stereocenters. The van der Waals surface area contributed by atoms with Gasteiger partial charge in [-0.25, -0.2) is 4.98 Å². The summed E-state index contributed by atoms with van der Waals surface area (Å²) in [7, 11) is 0. The average Bonchev–Trinajstić information content (AvgIpc) is 2.62. The number of imidazole rings is 1. The van der Waals surface area contributed by atoms with Gasteiger partial charge in [-0.15, -0.1) is 0 Å². The van der Waals surface area contributed by atoms with E-state index in [2.05, 4.69) is 10.3 Å². The third kappa shape index (κ3) is 3.36. The molecule has 1 saturated carbocycles. The largest absolute Gasteiger partial charge is 0.352 e. The molecular weight excluding hydrogens is 202 g/mol. The van der Waals surface area contributed by atoms with E-state index in [0.29, 0.717) is 12.6 Å². The predicted molar refractivity (Wildman–Crippen MR) is 61.9 cm³/mol. The lowest BCUT2D eigenvalue weighted by Gasteiger charge is -2.16. The molecule has 16 heavy (non-hydrogen) atoms. The lowest BCUT2D eigenvalue weighted by Crippen LogP contribution is -2.36. The van der Waals surface area contributed by atoms with E-state index in [0.717, 1.165) is 12.8 Å². The zero-order valence-corrected chi connectivity index (χ0v) is 9.56. The van der Waals surface area contributed by atoms with Crippen molar-refractivity contribution >= 4 is 5.91 Å². The van der Waals surface area contributed by atoms with Crippen molar-refractivity contribution in [2.24, 2.45) is 0 Å². The van der Waals surface area contributed by atoms with Crippen LogP contribution in [0.15, 0.2) is 18.7 Å². The van der Waals surface area contributed by atoms with E-state index < -0.39 is 0 Å². The standard InChI is InChI=1S/C12H19N3O/c16-12(9-15-8-7-13-10-15)14-11-5-3-1-2-4-6-11/h7-8,10-11H,1-6,9H2,(H,14,16). The second-order valence-corrected chi connectivity index (χ2v) is 4.49. The summed E-state index contributed by atoms with van der Waals surface area (Å²) >= 11 is 0. The number of carbonyl (C=O) groups is 1. The van der Waals surface area contributed by atoms with E-state index in [1.54, 1.807) is 17.1 Å². The Bertz CT molecular complexity index is 313. The number of nitrogens with zero attached hydrogens (tertiary/aromatic N) is 2. The van der Waals surface area contributed by atoms with Crippen LogP contribution in [0.1, 0.15) is 38.5 Å². The van der Waals surface area contributed by atoms with Crippen LogP contribution in [0.5, 0.6) is 0 Å². The van der Waals surface area contributed by atoms with Gasteiger partial charge in [-0.3, -0.25) is 4.79 Å². The van der Waals surface area contributed by atoms with Gasteiger partial charge in [0.2, 0.25) is 5.91 Å². The van der Waals surface area contributed by atoms with Crippen LogP contribution in [0.4, 0.5) is 0 Å². The summed E-state index contributed by atoms with van der Waals surface area (Å²) in [5.74, 6) is 0.102. The SMILES string of the molecule is O=C(Cn1ccnc1)NC1CCCCCC1. The van der Waals surface area contributed by atoms with E-state index in [-0.39, 0.29) is 5.91 Å². The molecular formula is C12H19N3O. The highest BCUT2D eigenvalue weighted by atomic mass is 16.2. The molecule has 0 atom stereocenters. The van der Waals surface area contributed by atoms with Crippen molar-refractivity contribution < 1.29 is 4.79 Å². The van der Waals surface area contributed by atoms with Crippen LogP contribution in [-0.2, 0) is 11.3 Å². The number of hydrogen-bond donors (Lipinski definition) is 1. The van der Waals surface area contributed by atoms with Gasteiger partial charge in [-0.05, 0) is 12.8 Å². The Morgan fingerprint density at radius 3 is 2.69 bits per heavy atom. The topological polar surface area (TPSA) is 46.9 Å². The minimum Gasteiger partial charge on any atom is -0.352 e. The van der Waals surface area contributed by atoms with Crippen molar-refractivity contribution in [2.75, 3.05) is 0 Å². The van der Waals surface area contributed by atoms with Crippen molar-refractivity contribution in [3.8, 4) is 0 Å². The number of amides is 1. The van der Waals surface area contributed by atoms with Crippen molar-refractivity contribution in [1.29, 1.82) is 0 Å². The van der Waals surface area contributed by atoms with Crippen LogP contribution in [0, 0.1) is 0 Å². The fourth-order valence-electron chi connectivity index (χ4n) is 2.24. The molecule has 1 amide bonds. The maximum Gasteiger partial charge on any atom is 0.240 e. The Morgan fingerprint density at radius 2 is 2.06 bits per heavy atom. The monoisotopic (exact) mass is 221 g/mol. The van der Waals surface area contributed by atoms with E-state index in [9.17, 15) is 4.79 Å². The quantitative estimate of drug-likeness (QED) is 0.790. The van der Waals surface area contributed by atoms with Gasteiger partial charge in [0, 0.05) is 18.4 Å². The summed E-state index contributed by atoms with van der Waals surface area (Å²) in [6.07, 6.45) is 12.6. The highest BCUT2D eigenvalue weighted by Gasteiger charge is 2.14. The summed E-state index contributed by atoms with van der Waals surface area (Å²) in [5.41, 5.74) is 0. The Morgan fingerprint density at radius 1 is 1.31 bits per heavy atom. The minimum atomic E-state index is 0.102. The summed E-state index contributed by atoms with van der Waals surface area (Å²) < 4.78 is 1.80. The molecule has 1 fully saturated rings. The molecule has 1 aliphatic rings. The van der Waals surface area contributed by atoms with Crippen LogP contribution in [0.2, 0.25) is 0 Å². The highest BCUT2D eigenvalue weighted by molar-refractivity contribution is 5.76. The first-order valence-electron chi connectivity index (χ1n) is 6.10. The smallest absolute Gasteiger partial charge is 0.240 e. The van der Waals surface area contributed by atoms with Crippen molar-refractivity contribution in [3.05, 3.63) is 18.7 Å². The summed E-state index contributed by atoms with van der Waals surface area (Å²) in [4.78, 5) is 15.7. The van der Waals surface area contributed by atoms with Gasteiger partial charge < -0.3 is 9.88 Å². The molecule has 2 rings (SSSR count). The molecule has 0 aromatic carbocycles. The molecule has 4 heteroatoms. The highest BCUT2D eigenvalue weighted by Crippen LogP contribution is 2.17. The molecule has 0 spiro atoms. The van der Waals surface area contributed by atoms with Crippen LogP contribution < -0.4 is 5.32 Å². The zero-order chi connectivity index (χ0) is 11.2. The van der Waals surface area contributed by atoms with Crippen LogP contribution >= 0.6 is 0 Å². The Hall–Kier alpha value is -1.32. The van der Waals surface area contributed by atoms with Gasteiger partial charge in [-0.2, -0.15) is 0 Å². The minimum absolute atomic E-state index is 0.102. The number of rotatable bonds is 3. The van der Waals surface area contributed by atoms with Crippen molar-refractivity contribution in [3.63, 3.8) is 0 Å². The fraction of sp³-hybridized carbons (Fsp3) is 0.667. The summed E-state index contributed by atoms with van der Waals surface area (Å²) in [6.45, 7) is 0.385. The van der Waals surface area contributed by atoms with Crippen LogP contribution in [0.25, 0.3) is 0 Å².